The van der Waals surface area contributed by atoms with Gasteiger partial charge >= 0.3 is 17.9 Å². The summed E-state index contributed by atoms with van der Waals surface area (Å²) in [4.78, 5) is 38.5. The normalized spacial score (nSPS) is 13.4. The summed E-state index contributed by atoms with van der Waals surface area (Å²) in [6.07, 6.45) is 3.66. The maximum Gasteiger partial charge on any atom is 0.316 e. The second kappa shape index (κ2) is 11.7. The Hall–Kier alpha value is -2.45. The lowest BCUT2D eigenvalue weighted by atomic mass is 9.97. The van der Waals surface area contributed by atoms with Crippen LogP contribution in [0.15, 0.2) is 18.2 Å². The summed E-state index contributed by atoms with van der Waals surface area (Å²) in [5.41, 5.74) is -1.91. The summed E-state index contributed by atoms with van der Waals surface area (Å²) < 4.78 is 23.3. The van der Waals surface area contributed by atoms with Gasteiger partial charge in [0.15, 0.2) is 19.8 Å². The van der Waals surface area contributed by atoms with Crippen LogP contribution in [0.2, 0.25) is 18.1 Å². The van der Waals surface area contributed by atoms with E-state index in [0.29, 0.717) is 12.2 Å². The molecule has 8 heteroatoms. The standard InChI is InChI=1S/C30H48O7Si/c1-27(2,3)24(31)35-21-18-20(16-15-17-34-38(13,14)30(10,11)12)19-22(36-25(32)28(4,5)6)23(21)37-26(33)29(7,8)9/h15-16,18-19H,17H2,1-14H3/b16-15+. The smallest absolute Gasteiger partial charge is 0.316 e. The summed E-state index contributed by atoms with van der Waals surface area (Å²) >= 11 is 0. The van der Waals surface area contributed by atoms with Crippen LogP contribution in [0.4, 0.5) is 0 Å². The molecule has 0 fully saturated rings. The lowest BCUT2D eigenvalue weighted by Gasteiger charge is -2.35. The van der Waals surface area contributed by atoms with Gasteiger partial charge in [0, 0.05) is 0 Å². The first kappa shape index (κ1) is 33.6. The average molecular weight is 549 g/mol. The maximum atomic E-state index is 12.8. The van der Waals surface area contributed by atoms with Crippen molar-refractivity contribution in [1.29, 1.82) is 0 Å². The molecule has 0 radical (unpaired) electrons. The second-order valence-corrected chi connectivity index (χ2v) is 19.0. The molecule has 0 spiro atoms. The predicted octanol–water partition coefficient (Wildman–Crippen LogP) is 7.58. The molecular formula is C30H48O7Si. The number of hydrogen-bond donors (Lipinski definition) is 0. The van der Waals surface area contributed by atoms with E-state index >= 15 is 0 Å². The van der Waals surface area contributed by atoms with Gasteiger partial charge in [0.2, 0.25) is 5.75 Å². The average Bonchev–Trinajstić information content (AvgIpc) is 2.70. The van der Waals surface area contributed by atoms with Crippen LogP contribution < -0.4 is 14.2 Å². The van der Waals surface area contributed by atoms with E-state index in [0.717, 1.165) is 0 Å². The monoisotopic (exact) mass is 548 g/mol. The van der Waals surface area contributed by atoms with Gasteiger partial charge < -0.3 is 18.6 Å². The van der Waals surface area contributed by atoms with Crippen molar-refractivity contribution in [3.05, 3.63) is 23.8 Å². The van der Waals surface area contributed by atoms with E-state index in [1.807, 2.05) is 6.08 Å². The first-order valence-corrected chi connectivity index (χ1v) is 15.9. The number of hydrogen-bond acceptors (Lipinski definition) is 7. The van der Waals surface area contributed by atoms with Gasteiger partial charge in [-0.3, -0.25) is 14.4 Å². The summed E-state index contributed by atoms with van der Waals surface area (Å²) in [7, 11) is -1.94. The van der Waals surface area contributed by atoms with Gasteiger partial charge in [-0.05, 0) is 98.1 Å². The molecule has 38 heavy (non-hydrogen) atoms. The van der Waals surface area contributed by atoms with Crippen molar-refractivity contribution in [2.75, 3.05) is 6.61 Å². The van der Waals surface area contributed by atoms with Crippen LogP contribution in [0.1, 0.15) is 88.6 Å². The lowest BCUT2D eigenvalue weighted by Crippen LogP contribution is -2.40. The Morgan fingerprint density at radius 3 is 1.39 bits per heavy atom. The molecule has 0 amide bonds. The first-order chi connectivity index (χ1) is 16.9. The van der Waals surface area contributed by atoms with E-state index in [2.05, 4.69) is 33.9 Å². The van der Waals surface area contributed by atoms with Gasteiger partial charge in [-0.15, -0.1) is 0 Å². The lowest BCUT2D eigenvalue weighted by molar-refractivity contribution is -0.146. The third kappa shape index (κ3) is 9.69. The van der Waals surface area contributed by atoms with E-state index in [1.54, 1.807) is 80.5 Å². The highest BCUT2D eigenvalue weighted by Gasteiger charge is 2.37. The van der Waals surface area contributed by atoms with Crippen molar-refractivity contribution in [2.24, 2.45) is 16.2 Å². The zero-order chi connectivity index (χ0) is 29.9. The van der Waals surface area contributed by atoms with Gasteiger partial charge in [0.05, 0.1) is 22.9 Å². The minimum atomic E-state index is -1.94. The number of carbonyl (C=O) groups is 3. The molecule has 0 aromatic heterocycles. The Kier molecular flexibility index (Phi) is 10.4. The molecule has 1 aromatic carbocycles. The Balaban J connectivity index is 3.63. The molecular weight excluding hydrogens is 500 g/mol. The minimum Gasteiger partial charge on any atom is -0.422 e. The number of carbonyl (C=O) groups excluding carboxylic acids is 3. The van der Waals surface area contributed by atoms with Gasteiger partial charge in [0.1, 0.15) is 0 Å². The highest BCUT2D eigenvalue weighted by Crippen LogP contribution is 2.42. The SMILES string of the molecule is CC(C)(C)C(=O)Oc1cc(/C=C/CO[Si](C)(C)C(C)(C)C)cc(OC(=O)C(C)(C)C)c1OC(=O)C(C)(C)C. The summed E-state index contributed by atoms with van der Waals surface area (Å²) in [5.74, 6) is -1.75. The molecule has 0 aliphatic carbocycles. The quantitative estimate of drug-likeness (QED) is 0.197. The number of rotatable bonds is 7. The molecule has 0 saturated carbocycles. The van der Waals surface area contributed by atoms with Crippen LogP contribution in [0.25, 0.3) is 6.08 Å². The molecule has 0 unspecified atom stereocenters. The molecule has 0 atom stereocenters. The topological polar surface area (TPSA) is 88.1 Å². The minimum absolute atomic E-state index is 0.00769. The van der Waals surface area contributed by atoms with Gasteiger partial charge in [-0.2, -0.15) is 0 Å². The fraction of sp³-hybridized carbons (Fsp3) is 0.633. The summed E-state index contributed by atoms with van der Waals surface area (Å²) in [6, 6.07) is 3.18. The van der Waals surface area contributed by atoms with Crippen molar-refractivity contribution in [2.45, 2.75) is 101 Å². The number of esters is 3. The highest BCUT2D eigenvalue weighted by atomic mass is 28.4. The fourth-order valence-corrected chi connectivity index (χ4v) is 3.30. The van der Waals surface area contributed by atoms with Crippen molar-refractivity contribution < 1.29 is 33.0 Å². The second-order valence-electron chi connectivity index (χ2n) is 14.2. The molecule has 214 valence electrons. The van der Waals surface area contributed by atoms with Crippen molar-refractivity contribution in [3.63, 3.8) is 0 Å². The van der Waals surface area contributed by atoms with Crippen molar-refractivity contribution in [1.82, 2.24) is 0 Å². The highest BCUT2D eigenvalue weighted by molar-refractivity contribution is 6.74. The van der Waals surface area contributed by atoms with Gasteiger partial charge in [-0.25, -0.2) is 0 Å². The van der Waals surface area contributed by atoms with Crippen LogP contribution in [0.5, 0.6) is 17.2 Å². The van der Waals surface area contributed by atoms with E-state index in [-0.39, 0.29) is 22.3 Å². The van der Waals surface area contributed by atoms with E-state index in [1.165, 1.54) is 0 Å². The third-order valence-corrected chi connectivity index (χ3v) is 10.6. The Morgan fingerprint density at radius 2 is 1.05 bits per heavy atom. The summed E-state index contributed by atoms with van der Waals surface area (Å²) in [6.45, 7) is 26.7. The molecule has 0 aliphatic rings. The largest absolute Gasteiger partial charge is 0.422 e. The van der Waals surface area contributed by atoms with Gasteiger partial charge in [-0.1, -0.05) is 32.9 Å². The van der Waals surface area contributed by atoms with Crippen molar-refractivity contribution >= 4 is 32.3 Å². The Morgan fingerprint density at radius 1 is 0.684 bits per heavy atom. The summed E-state index contributed by atoms with van der Waals surface area (Å²) in [5, 5.41) is 0.0715. The van der Waals surface area contributed by atoms with E-state index in [4.69, 9.17) is 18.6 Å². The molecule has 7 nitrogen and oxygen atoms in total. The van der Waals surface area contributed by atoms with Crippen LogP contribution in [0.3, 0.4) is 0 Å². The van der Waals surface area contributed by atoms with Crippen LogP contribution in [-0.4, -0.2) is 32.8 Å². The van der Waals surface area contributed by atoms with Crippen LogP contribution in [0, 0.1) is 16.2 Å². The number of ether oxygens (including phenoxy) is 3. The fourth-order valence-electron chi connectivity index (χ4n) is 2.35. The Labute approximate surface area is 230 Å². The predicted molar refractivity (Wildman–Crippen MR) is 154 cm³/mol. The molecule has 0 saturated heterocycles. The zero-order valence-electron chi connectivity index (χ0n) is 25.9. The van der Waals surface area contributed by atoms with E-state index < -0.39 is 42.5 Å². The van der Waals surface area contributed by atoms with E-state index in [9.17, 15) is 14.4 Å². The molecule has 0 aliphatic heterocycles. The molecule has 1 rings (SSSR count). The van der Waals surface area contributed by atoms with Crippen molar-refractivity contribution in [3.8, 4) is 17.2 Å². The third-order valence-electron chi connectivity index (χ3n) is 6.14. The molecule has 1 aromatic rings. The van der Waals surface area contributed by atoms with Crippen LogP contribution in [-0.2, 0) is 18.8 Å². The molecule has 0 heterocycles. The molecule has 0 N–H and O–H groups in total. The van der Waals surface area contributed by atoms with Gasteiger partial charge in [0.25, 0.3) is 0 Å². The number of benzene rings is 1. The first-order valence-electron chi connectivity index (χ1n) is 13.0. The zero-order valence-corrected chi connectivity index (χ0v) is 26.9. The molecule has 0 bridgehead atoms. The maximum absolute atomic E-state index is 12.8. The van der Waals surface area contributed by atoms with Crippen LogP contribution >= 0.6 is 0 Å². The Bertz CT molecular complexity index is 1010.